The van der Waals surface area contributed by atoms with Gasteiger partial charge in [0, 0.05) is 11.3 Å². The number of rotatable bonds is 4. The lowest BCUT2D eigenvalue weighted by atomic mass is 10.1. The van der Waals surface area contributed by atoms with Crippen molar-refractivity contribution in [3.63, 3.8) is 0 Å². The Hall–Kier alpha value is -3.43. The number of aryl methyl sites for hydroxylation is 1. The number of fused-ring (bicyclic) bond motifs is 3. The standard InChI is InChI=1S/C23H17ClF2N6S/c1-12-19-14(10-17(24)28-12)21-20(30-23(29-19)18-15(25)8-5-9-16(18)26)22(27)31-32(21)33-11-13-6-3-2-4-7-13/h2-10H,11H2,1H3,(H2,27,31)(H,29,30). The minimum Gasteiger partial charge on any atom is -0.380 e. The Bertz CT molecular complexity index is 1380. The molecule has 33 heavy (non-hydrogen) atoms. The molecule has 10 heteroatoms. The van der Waals surface area contributed by atoms with Crippen molar-refractivity contribution in [2.24, 2.45) is 4.99 Å². The Morgan fingerprint density at radius 2 is 1.82 bits per heavy atom. The lowest BCUT2D eigenvalue weighted by molar-refractivity contribution is 0.579. The molecule has 3 N–H and O–H groups in total. The molecule has 2 aromatic carbocycles. The fourth-order valence-corrected chi connectivity index (χ4v) is 4.79. The summed E-state index contributed by atoms with van der Waals surface area (Å²) < 4.78 is 31.0. The van der Waals surface area contributed by atoms with E-state index in [-0.39, 0.29) is 22.4 Å². The van der Waals surface area contributed by atoms with Gasteiger partial charge in [0.1, 0.15) is 34.0 Å². The largest absolute Gasteiger partial charge is 0.380 e. The van der Waals surface area contributed by atoms with E-state index in [1.54, 1.807) is 17.1 Å². The third-order valence-corrected chi connectivity index (χ3v) is 6.30. The lowest BCUT2D eigenvalue weighted by Crippen LogP contribution is -2.17. The molecule has 4 aromatic rings. The summed E-state index contributed by atoms with van der Waals surface area (Å²) in [4.78, 5) is 8.84. The van der Waals surface area contributed by atoms with Gasteiger partial charge in [0.25, 0.3) is 0 Å². The summed E-state index contributed by atoms with van der Waals surface area (Å²) in [6.07, 6.45) is 0. The number of benzene rings is 2. The van der Waals surface area contributed by atoms with Crippen molar-refractivity contribution < 1.29 is 8.78 Å². The Kier molecular flexibility index (Phi) is 5.51. The highest BCUT2D eigenvalue weighted by Crippen LogP contribution is 2.45. The van der Waals surface area contributed by atoms with Gasteiger partial charge in [-0.15, -0.1) is 5.10 Å². The second kappa shape index (κ2) is 8.49. The van der Waals surface area contributed by atoms with Crippen molar-refractivity contribution in [2.75, 3.05) is 11.1 Å². The number of hydrogen-bond acceptors (Lipinski definition) is 6. The van der Waals surface area contributed by atoms with Gasteiger partial charge in [0.15, 0.2) is 5.82 Å². The minimum absolute atomic E-state index is 0.0304. The summed E-state index contributed by atoms with van der Waals surface area (Å²) >= 11 is 7.69. The van der Waals surface area contributed by atoms with Crippen molar-refractivity contribution in [1.29, 1.82) is 0 Å². The number of nitrogens with two attached hydrogens (primary N) is 1. The molecule has 0 atom stereocenters. The average Bonchev–Trinajstić information content (AvgIpc) is 2.98. The van der Waals surface area contributed by atoms with Crippen LogP contribution in [0.15, 0.2) is 59.6 Å². The number of nitrogens with one attached hydrogen (secondary N) is 1. The van der Waals surface area contributed by atoms with Crippen LogP contribution in [0.4, 0.5) is 26.0 Å². The zero-order valence-electron chi connectivity index (χ0n) is 17.3. The SMILES string of the molecule is Cc1nc(Cl)cc2c1N=C(c1c(F)cccc1F)Nc1c(N)nn(SCc3ccccc3)c1-2. The van der Waals surface area contributed by atoms with E-state index in [1.807, 2.05) is 30.3 Å². The fourth-order valence-electron chi connectivity index (χ4n) is 3.63. The van der Waals surface area contributed by atoms with Gasteiger partial charge in [0.05, 0.1) is 16.9 Å². The van der Waals surface area contributed by atoms with E-state index in [2.05, 4.69) is 20.4 Å². The van der Waals surface area contributed by atoms with Crippen LogP contribution in [0.25, 0.3) is 11.3 Å². The van der Waals surface area contributed by atoms with Gasteiger partial charge in [-0.05, 0) is 42.6 Å². The third-order valence-electron chi connectivity index (χ3n) is 5.14. The molecule has 0 aliphatic carbocycles. The smallest absolute Gasteiger partial charge is 0.171 e. The van der Waals surface area contributed by atoms with E-state index in [9.17, 15) is 8.78 Å². The number of amidine groups is 1. The van der Waals surface area contributed by atoms with Gasteiger partial charge in [0.2, 0.25) is 0 Å². The first-order valence-electron chi connectivity index (χ1n) is 9.95. The van der Waals surface area contributed by atoms with Crippen molar-refractivity contribution >= 4 is 46.6 Å². The van der Waals surface area contributed by atoms with Crippen molar-refractivity contribution in [3.8, 4) is 11.3 Å². The summed E-state index contributed by atoms with van der Waals surface area (Å²) in [7, 11) is 0. The van der Waals surface area contributed by atoms with Crippen LogP contribution in [0.5, 0.6) is 0 Å². The monoisotopic (exact) mass is 482 g/mol. The molecule has 1 aliphatic heterocycles. The summed E-state index contributed by atoms with van der Waals surface area (Å²) in [5.41, 5.74) is 9.55. The molecule has 2 aromatic heterocycles. The van der Waals surface area contributed by atoms with Crippen molar-refractivity contribution in [3.05, 3.63) is 88.2 Å². The second-order valence-electron chi connectivity index (χ2n) is 7.35. The fraction of sp³-hybridized carbons (Fsp3) is 0.0870. The van der Waals surface area contributed by atoms with Crippen LogP contribution in [0.3, 0.4) is 0 Å². The molecule has 0 saturated heterocycles. The van der Waals surface area contributed by atoms with E-state index >= 15 is 0 Å². The molecule has 0 radical (unpaired) electrons. The van der Waals surface area contributed by atoms with E-state index in [4.69, 9.17) is 17.3 Å². The normalized spacial score (nSPS) is 12.4. The third kappa shape index (κ3) is 3.94. The van der Waals surface area contributed by atoms with Gasteiger partial charge in [-0.25, -0.2) is 22.8 Å². The van der Waals surface area contributed by atoms with Crippen LogP contribution >= 0.6 is 23.5 Å². The van der Waals surface area contributed by atoms with Crippen LogP contribution in [-0.2, 0) is 5.75 Å². The molecule has 0 unspecified atom stereocenters. The van der Waals surface area contributed by atoms with Crippen LogP contribution in [0, 0.1) is 18.6 Å². The number of anilines is 2. The molecule has 3 heterocycles. The summed E-state index contributed by atoms with van der Waals surface area (Å²) in [5, 5.41) is 7.74. The first-order valence-corrected chi connectivity index (χ1v) is 11.3. The van der Waals surface area contributed by atoms with E-state index in [0.717, 1.165) is 5.56 Å². The Balaban J connectivity index is 1.69. The summed E-state index contributed by atoms with van der Waals surface area (Å²) in [6.45, 7) is 1.73. The zero-order chi connectivity index (χ0) is 23.1. The molecule has 1 aliphatic rings. The molecule has 0 fully saturated rings. The number of aromatic nitrogens is 3. The molecule has 0 amide bonds. The van der Waals surface area contributed by atoms with E-state index in [0.29, 0.717) is 34.1 Å². The van der Waals surface area contributed by atoms with Gasteiger partial charge in [-0.1, -0.05) is 48.0 Å². The van der Waals surface area contributed by atoms with Gasteiger partial charge in [-0.2, -0.15) is 0 Å². The van der Waals surface area contributed by atoms with Crippen LogP contribution in [0.1, 0.15) is 16.8 Å². The molecular weight excluding hydrogens is 466 g/mol. The van der Waals surface area contributed by atoms with E-state index in [1.165, 1.54) is 30.1 Å². The zero-order valence-corrected chi connectivity index (χ0v) is 18.9. The number of pyridine rings is 1. The number of hydrogen-bond donors (Lipinski definition) is 2. The molecule has 5 rings (SSSR count). The highest BCUT2D eigenvalue weighted by molar-refractivity contribution is 7.97. The number of aliphatic imine (C=N–C) groups is 1. The van der Waals surface area contributed by atoms with Crippen molar-refractivity contribution in [2.45, 2.75) is 12.7 Å². The predicted molar refractivity (Wildman–Crippen MR) is 129 cm³/mol. The highest BCUT2D eigenvalue weighted by atomic mass is 35.5. The second-order valence-corrected chi connectivity index (χ2v) is 8.63. The van der Waals surface area contributed by atoms with Crippen molar-refractivity contribution in [1.82, 2.24) is 14.2 Å². The summed E-state index contributed by atoms with van der Waals surface area (Å²) in [5.74, 6) is -0.756. The highest BCUT2D eigenvalue weighted by Gasteiger charge is 2.29. The van der Waals surface area contributed by atoms with Crippen LogP contribution < -0.4 is 11.1 Å². The Morgan fingerprint density at radius 1 is 1.09 bits per heavy atom. The maximum atomic E-state index is 14.6. The maximum absolute atomic E-state index is 14.6. The Morgan fingerprint density at radius 3 is 2.55 bits per heavy atom. The molecule has 0 bridgehead atoms. The maximum Gasteiger partial charge on any atom is 0.171 e. The topological polar surface area (TPSA) is 81.1 Å². The summed E-state index contributed by atoms with van der Waals surface area (Å²) in [6, 6.07) is 15.2. The molecular formula is C23H17ClF2N6S. The first kappa shape index (κ1) is 21.4. The molecule has 0 spiro atoms. The van der Waals surface area contributed by atoms with E-state index < -0.39 is 11.6 Å². The average molecular weight is 483 g/mol. The molecule has 6 nitrogen and oxygen atoms in total. The van der Waals surface area contributed by atoms with Crippen LogP contribution in [0.2, 0.25) is 5.15 Å². The molecule has 0 saturated carbocycles. The van der Waals surface area contributed by atoms with Gasteiger partial charge in [-0.3, -0.25) is 0 Å². The number of halogens is 3. The number of nitrogens with zero attached hydrogens (tertiary/aromatic N) is 4. The lowest BCUT2D eigenvalue weighted by Gasteiger charge is -2.10. The molecule has 166 valence electrons. The Labute approximate surface area is 197 Å². The predicted octanol–water partition coefficient (Wildman–Crippen LogP) is 5.97. The van der Waals surface area contributed by atoms with Gasteiger partial charge >= 0.3 is 0 Å². The van der Waals surface area contributed by atoms with Crippen LogP contribution in [-0.4, -0.2) is 20.0 Å². The van der Waals surface area contributed by atoms with Gasteiger partial charge < -0.3 is 11.1 Å². The quantitative estimate of drug-likeness (QED) is 0.350. The first-order chi connectivity index (χ1) is 15.9. The number of nitrogen functional groups attached to an aromatic ring is 1. The minimum atomic E-state index is -0.754.